The van der Waals surface area contributed by atoms with Crippen LogP contribution in [0.2, 0.25) is 0 Å². The molecular formula is C12H14N2O2. The number of hydrogen-bond donors (Lipinski definition) is 1. The third kappa shape index (κ3) is 2.05. The monoisotopic (exact) mass is 218 g/mol. The van der Waals surface area contributed by atoms with E-state index in [9.17, 15) is 4.79 Å². The van der Waals surface area contributed by atoms with Gasteiger partial charge in [-0.2, -0.15) is 0 Å². The van der Waals surface area contributed by atoms with E-state index in [1.165, 1.54) is 0 Å². The Labute approximate surface area is 93.5 Å². The number of rotatable bonds is 3. The van der Waals surface area contributed by atoms with Crippen LogP contribution in [0.5, 0.6) is 0 Å². The quantitative estimate of drug-likeness (QED) is 0.859. The van der Waals surface area contributed by atoms with Crippen LogP contribution in [0.4, 0.5) is 0 Å². The van der Waals surface area contributed by atoms with E-state index in [2.05, 4.69) is 4.98 Å². The van der Waals surface area contributed by atoms with Crippen LogP contribution in [0.1, 0.15) is 30.5 Å². The van der Waals surface area contributed by atoms with Gasteiger partial charge in [-0.1, -0.05) is 13.0 Å². The molecule has 0 spiro atoms. The molecule has 0 radical (unpaired) electrons. The molecule has 1 N–H and O–H groups in total. The van der Waals surface area contributed by atoms with Crippen molar-refractivity contribution in [3.63, 3.8) is 0 Å². The van der Waals surface area contributed by atoms with Crippen LogP contribution in [-0.2, 0) is 4.79 Å². The van der Waals surface area contributed by atoms with Crippen molar-refractivity contribution in [3.8, 4) is 0 Å². The summed E-state index contributed by atoms with van der Waals surface area (Å²) in [5.41, 5.74) is 2.87. The molecule has 84 valence electrons. The lowest BCUT2D eigenvalue weighted by Crippen LogP contribution is -2.03. The van der Waals surface area contributed by atoms with E-state index >= 15 is 0 Å². The van der Waals surface area contributed by atoms with Crippen LogP contribution in [0, 0.1) is 6.92 Å². The van der Waals surface area contributed by atoms with Gasteiger partial charge in [0.05, 0.1) is 12.1 Å². The lowest BCUT2D eigenvalue weighted by atomic mass is 10.00. The second-order valence-corrected chi connectivity index (χ2v) is 4.11. The summed E-state index contributed by atoms with van der Waals surface area (Å²) in [7, 11) is 0. The van der Waals surface area contributed by atoms with Crippen LogP contribution < -0.4 is 0 Å². The predicted molar refractivity (Wildman–Crippen MR) is 60.6 cm³/mol. The predicted octanol–water partition coefficient (Wildman–Crippen LogP) is 2.22. The average molecular weight is 218 g/mol. The van der Waals surface area contributed by atoms with Crippen LogP contribution in [0.15, 0.2) is 24.5 Å². The molecular weight excluding hydrogens is 204 g/mol. The molecule has 4 nitrogen and oxygen atoms in total. The number of carboxylic acid groups (broad SMARTS) is 1. The van der Waals surface area contributed by atoms with Gasteiger partial charge in [0.2, 0.25) is 0 Å². The van der Waals surface area contributed by atoms with E-state index in [1.807, 2.05) is 42.8 Å². The highest BCUT2D eigenvalue weighted by molar-refractivity contribution is 5.68. The van der Waals surface area contributed by atoms with Gasteiger partial charge >= 0.3 is 5.97 Å². The van der Waals surface area contributed by atoms with Gasteiger partial charge in [-0.05, 0) is 24.5 Å². The van der Waals surface area contributed by atoms with Gasteiger partial charge in [-0.15, -0.1) is 0 Å². The summed E-state index contributed by atoms with van der Waals surface area (Å²) in [4.78, 5) is 15.0. The zero-order valence-electron chi connectivity index (χ0n) is 9.34. The summed E-state index contributed by atoms with van der Waals surface area (Å²) < 4.78 is 1.93. The lowest BCUT2D eigenvalue weighted by molar-refractivity contribution is -0.137. The number of carbonyl (C=O) groups is 1. The third-order valence-electron chi connectivity index (χ3n) is 2.64. The maximum absolute atomic E-state index is 10.6. The minimum atomic E-state index is -0.769. The highest BCUT2D eigenvalue weighted by Crippen LogP contribution is 2.19. The summed E-state index contributed by atoms with van der Waals surface area (Å²) in [6.07, 6.45) is 4.04. The highest BCUT2D eigenvalue weighted by Gasteiger charge is 2.10. The van der Waals surface area contributed by atoms with Crippen LogP contribution >= 0.6 is 0 Å². The van der Waals surface area contributed by atoms with Gasteiger partial charge in [0.15, 0.2) is 0 Å². The summed E-state index contributed by atoms with van der Waals surface area (Å²) in [5, 5.41) is 8.74. The number of aliphatic carboxylic acids is 1. The topological polar surface area (TPSA) is 54.6 Å². The molecule has 0 saturated carbocycles. The first kappa shape index (κ1) is 10.7. The SMILES string of the molecule is Cc1cn2cc(C(C)CC(=O)O)ccc2n1. The van der Waals surface area contributed by atoms with Gasteiger partial charge < -0.3 is 9.51 Å². The van der Waals surface area contributed by atoms with Crippen LogP contribution in [-0.4, -0.2) is 20.5 Å². The normalized spacial score (nSPS) is 12.9. The Morgan fingerprint density at radius 1 is 1.50 bits per heavy atom. The second-order valence-electron chi connectivity index (χ2n) is 4.11. The Morgan fingerprint density at radius 3 is 2.94 bits per heavy atom. The zero-order valence-corrected chi connectivity index (χ0v) is 9.34. The fourth-order valence-corrected chi connectivity index (χ4v) is 1.81. The summed E-state index contributed by atoms with van der Waals surface area (Å²) in [6.45, 7) is 3.85. The van der Waals surface area contributed by atoms with Crippen molar-refractivity contribution in [2.75, 3.05) is 0 Å². The summed E-state index contributed by atoms with van der Waals surface area (Å²) in [6, 6.07) is 3.86. The first-order chi connectivity index (χ1) is 7.56. The fourth-order valence-electron chi connectivity index (χ4n) is 1.81. The molecule has 0 aliphatic rings. The second kappa shape index (κ2) is 3.96. The van der Waals surface area contributed by atoms with Gasteiger partial charge in [-0.25, -0.2) is 4.98 Å². The van der Waals surface area contributed by atoms with Gasteiger partial charge in [0.1, 0.15) is 5.65 Å². The van der Waals surface area contributed by atoms with Crippen molar-refractivity contribution in [2.45, 2.75) is 26.2 Å². The Kier molecular flexibility index (Phi) is 2.64. The van der Waals surface area contributed by atoms with Gasteiger partial charge in [-0.3, -0.25) is 4.79 Å². The third-order valence-corrected chi connectivity index (χ3v) is 2.64. The van der Waals surface area contributed by atoms with E-state index in [0.717, 1.165) is 16.9 Å². The molecule has 0 aliphatic heterocycles. The van der Waals surface area contributed by atoms with Crippen molar-refractivity contribution < 1.29 is 9.90 Å². The van der Waals surface area contributed by atoms with E-state index in [4.69, 9.17) is 5.11 Å². The number of fused-ring (bicyclic) bond motifs is 1. The molecule has 1 unspecified atom stereocenters. The van der Waals surface area contributed by atoms with E-state index in [-0.39, 0.29) is 12.3 Å². The summed E-state index contributed by atoms with van der Waals surface area (Å²) >= 11 is 0. The molecule has 2 aromatic rings. The van der Waals surface area contributed by atoms with Crippen molar-refractivity contribution in [1.82, 2.24) is 9.38 Å². The highest BCUT2D eigenvalue weighted by atomic mass is 16.4. The minimum Gasteiger partial charge on any atom is -0.481 e. The number of imidazole rings is 1. The zero-order chi connectivity index (χ0) is 11.7. The van der Waals surface area contributed by atoms with Crippen molar-refractivity contribution in [1.29, 1.82) is 0 Å². The molecule has 2 aromatic heterocycles. The Morgan fingerprint density at radius 2 is 2.25 bits per heavy atom. The maximum atomic E-state index is 10.6. The van der Waals surface area contributed by atoms with E-state index in [0.29, 0.717) is 0 Å². The van der Waals surface area contributed by atoms with E-state index in [1.54, 1.807) is 0 Å². The Balaban J connectivity index is 2.34. The smallest absolute Gasteiger partial charge is 0.303 e. The molecule has 2 heterocycles. The van der Waals surface area contributed by atoms with Gasteiger partial charge in [0, 0.05) is 12.4 Å². The fraction of sp³-hybridized carbons (Fsp3) is 0.333. The van der Waals surface area contributed by atoms with Gasteiger partial charge in [0.25, 0.3) is 0 Å². The minimum absolute atomic E-state index is 0.0182. The first-order valence-corrected chi connectivity index (χ1v) is 5.23. The Hall–Kier alpha value is -1.84. The van der Waals surface area contributed by atoms with Crippen molar-refractivity contribution >= 4 is 11.6 Å². The number of hydrogen-bond acceptors (Lipinski definition) is 2. The maximum Gasteiger partial charge on any atom is 0.303 e. The molecule has 16 heavy (non-hydrogen) atoms. The molecule has 0 fully saturated rings. The number of pyridine rings is 1. The van der Waals surface area contributed by atoms with Crippen LogP contribution in [0.3, 0.4) is 0 Å². The largest absolute Gasteiger partial charge is 0.481 e. The molecule has 0 amide bonds. The summed E-state index contributed by atoms with van der Waals surface area (Å²) in [5.74, 6) is -0.751. The molecule has 0 bridgehead atoms. The van der Waals surface area contributed by atoms with Crippen molar-refractivity contribution in [3.05, 3.63) is 35.8 Å². The molecule has 0 aliphatic carbocycles. The van der Waals surface area contributed by atoms with Crippen molar-refractivity contribution in [2.24, 2.45) is 0 Å². The lowest BCUT2D eigenvalue weighted by Gasteiger charge is -2.09. The molecule has 4 heteroatoms. The molecule has 0 aromatic carbocycles. The van der Waals surface area contributed by atoms with Crippen LogP contribution in [0.25, 0.3) is 5.65 Å². The number of nitrogens with zero attached hydrogens (tertiary/aromatic N) is 2. The Bertz CT molecular complexity index is 531. The number of aromatic nitrogens is 2. The molecule has 1 atom stereocenters. The average Bonchev–Trinajstić information content (AvgIpc) is 2.55. The first-order valence-electron chi connectivity index (χ1n) is 5.23. The molecule has 2 rings (SSSR count). The number of aryl methyl sites for hydroxylation is 1. The van der Waals surface area contributed by atoms with E-state index < -0.39 is 5.97 Å². The molecule has 0 saturated heterocycles. The standard InChI is InChI=1S/C12H14N2O2/c1-8(5-12(15)16)10-3-4-11-13-9(2)6-14(11)7-10/h3-4,6-8H,5H2,1-2H3,(H,15,16). The number of carboxylic acids is 1.